The van der Waals surface area contributed by atoms with Gasteiger partial charge in [0, 0.05) is 36.3 Å². The van der Waals surface area contributed by atoms with Gasteiger partial charge in [-0.3, -0.25) is 9.78 Å². The smallest absolute Gasteiger partial charge is 0.263 e. The van der Waals surface area contributed by atoms with Crippen LogP contribution in [-0.2, 0) is 0 Å². The zero-order valence-electron chi connectivity index (χ0n) is 15.1. The lowest BCUT2D eigenvalue weighted by Crippen LogP contribution is -2.39. The Morgan fingerprint density at radius 1 is 1.35 bits per heavy atom. The Morgan fingerprint density at radius 2 is 2.23 bits per heavy atom. The van der Waals surface area contributed by atoms with Crippen molar-refractivity contribution in [2.24, 2.45) is 0 Å². The van der Waals surface area contributed by atoms with E-state index in [9.17, 15) is 4.79 Å². The summed E-state index contributed by atoms with van der Waals surface area (Å²) in [5.41, 5.74) is 2.20. The summed E-state index contributed by atoms with van der Waals surface area (Å²) in [5.74, 6) is 1.32. The molecule has 4 rings (SSSR count). The Balaban J connectivity index is 1.62. The molecular weight excluding hydrogens is 344 g/mol. The molecule has 1 aliphatic heterocycles. The fraction of sp³-hybridized carbons (Fsp3) is 0.333. The molecule has 0 bridgehead atoms. The second-order valence-electron chi connectivity index (χ2n) is 6.79. The van der Waals surface area contributed by atoms with Crippen molar-refractivity contribution in [1.82, 2.24) is 9.88 Å². The maximum absolute atomic E-state index is 12.7. The molecule has 3 aromatic rings. The summed E-state index contributed by atoms with van der Waals surface area (Å²) >= 11 is 1.51. The fourth-order valence-corrected chi connectivity index (χ4v) is 4.46. The predicted octanol–water partition coefficient (Wildman–Crippen LogP) is 4.63. The zero-order chi connectivity index (χ0) is 18.1. The largest absolute Gasteiger partial charge is 0.496 e. The zero-order valence-corrected chi connectivity index (χ0v) is 15.9. The molecule has 0 saturated carbocycles. The number of carbonyl (C=O) groups excluding carboxylic acids is 1. The maximum atomic E-state index is 12.7. The van der Waals surface area contributed by atoms with E-state index in [0.717, 1.165) is 53.2 Å². The molecule has 1 saturated heterocycles. The highest BCUT2D eigenvalue weighted by Crippen LogP contribution is 2.32. The lowest BCUT2D eigenvalue weighted by atomic mass is 9.92. The van der Waals surface area contributed by atoms with E-state index < -0.39 is 0 Å². The first-order valence-corrected chi connectivity index (χ1v) is 9.81. The van der Waals surface area contributed by atoms with E-state index in [-0.39, 0.29) is 11.8 Å². The molecular formula is C21H22N2O2S. The van der Waals surface area contributed by atoms with Crippen molar-refractivity contribution in [1.29, 1.82) is 0 Å². The first-order chi connectivity index (χ1) is 12.7. The quantitative estimate of drug-likeness (QED) is 0.678. The van der Waals surface area contributed by atoms with Gasteiger partial charge in [-0.1, -0.05) is 6.07 Å². The molecule has 134 valence electrons. The fourth-order valence-electron chi connectivity index (χ4n) is 3.77. The molecule has 5 heteroatoms. The van der Waals surface area contributed by atoms with E-state index >= 15 is 0 Å². The van der Waals surface area contributed by atoms with Gasteiger partial charge in [-0.15, -0.1) is 11.3 Å². The summed E-state index contributed by atoms with van der Waals surface area (Å²) in [6.07, 6.45) is 4.02. The van der Waals surface area contributed by atoms with Crippen molar-refractivity contribution < 1.29 is 9.53 Å². The Bertz CT molecular complexity index is 937. The summed E-state index contributed by atoms with van der Waals surface area (Å²) in [5, 5.41) is 4.25. The molecule has 26 heavy (non-hydrogen) atoms. The Morgan fingerprint density at radius 3 is 3.00 bits per heavy atom. The van der Waals surface area contributed by atoms with Crippen LogP contribution < -0.4 is 4.74 Å². The third kappa shape index (κ3) is 3.07. The van der Waals surface area contributed by atoms with E-state index in [4.69, 9.17) is 9.72 Å². The third-order valence-corrected chi connectivity index (χ3v) is 6.08. The van der Waals surface area contributed by atoms with Crippen LogP contribution in [-0.4, -0.2) is 36.0 Å². The molecule has 0 N–H and O–H groups in total. The summed E-state index contributed by atoms with van der Waals surface area (Å²) in [7, 11) is 1.70. The van der Waals surface area contributed by atoms with E-state index in [0.29, 0.717) is 0 Å². The first kappa shape index (κ1) is 17.0. The van der Waals surface area contributed by atoms with E-state index in [1.807, 2.05) is 40.7 Å². The monoisotopic (exact) mass is 366 g/mol. The van der Waals surface area contributed by atoms with Crippen molar-refractivity contribution in [2.45, 2.75) is 25.7 Å². The molecule has 0 unspecified atom stereocenters. The number of hydrogen-bond donors (Lipinski definition) is 0. The molecule has 1 aliphatic rings. The van der Waals surface area contributed by atoms with Crippen LogP contribution in [0.1, 0.15) is 39.7 Å². The highest BCUT2D eigenvalue weighted by atomic mass is 32.1. The summed E-state index contributed by atoms with van der Waals surface area (Å²) in [4.78, 5) is 20.2. The Kier molecular flexibility index (Phi) is 4.64. The molecule has 1 aromatic carbocycles. The summed E-state index contributed by atoms with van der Waals surface area (Å²) < 4.78 is 5.46. The van der Waals surface area contributed by atoms with Crippen LogP contribution in [0.3, 0.4) is 0 Å². The second-order valence-corrected chi connectivity index (χ2v) is 7.74. The Labute approximate surface area is 157 Å². The summed E-state index contributed by atoms with van der Waals surface area (Å²) in [6, 6.07) is 10.0. The number of benzene rings is 1. The topological polar surface area (TPSA) is 42.4 Å². The van der Waals surface area contributed by atoms with Gasteiger partial charge in [-0.2, -0.15) is 0 Å². The van der Waals surface area contributed by atoms with Crippen LogP contribution in [0.5, 0.6) is 5.75 Å². The number of likely N-dealkylation sites (tertiary alicyclic amines) is 1. The van der Waals surface area contributed by atoms with Crippen molar-refractivity contribution in [3.05, 3.63) is 58.0 Å². The lowest BCUT2D eigenvalue weighted by molar-refractivity contribution is 0.0711. The van der Waals surface area contributed by atoms with Crippen LogP contribution in [0, 0.1) is 6.92 Å². The number of ether oxygens (including phenoxy) is 1. The highest BCUT2D eigenvalue weighted by Gasteiger charge is 2.27. The van der Waals surface area contributed by atoms with Gasteiger partial charge in [-0.05, 0) is 60.4 Å². The van der Waals surface area contributed by atoms with Crippen molar-refractivity contribution in [3.63, 3.8) is 0 Å². The molecule has 1 amide bonds. The Hall–Kier alpha value is -2.40. The minimum Gasteiger partial charge on any atom is -0.496 e. The molecule has 4 nitrogen and oxygen atoms in total. The average Bonchev–Trinajstić information content (AvgIpc) is 3.22. The first-order valence-electron chi connectivity index (χ1n) is 8.93. The molecule has 0 spiro atoms. The third-order valence-electron chi connectivity index (χ3n) is 5.22. The number of nitrogens with zero attached hydrogens (tertiary/aromatic N) is 2. The number of aryl methyl sites for hydroxylation is 1. The van der Waals surface area contributed by atoms with Crippen molar-refractivity contribution >= 4 is 28.0 Å². The number of amides is 1. The summed E-state index contributed by atoms with van der Waals surface area (Å²) in [6.45, 7) is 3.64. The lowest BCUT2D eigenvalue weighted by Gasteiger charge is -2.32. The maximum Gasteiger partial charge on any atom is 0.263 e. The highest BCUT2D eigenvalue weighted by molar-refractivity contribution is 7.12. The standard InChI is InChI=1S/C21H22N2O2S/c1-14-17-11-18(22-12-15(17)7-8-19(14)25-2)16-5-3-9-23(13-16)21(24)20-6-4-10-26-20/h4,6-8,10-12,16H,3,5,9,13H2,1-2H3/t16-/m1/s1. The van der Waals surface area contributed by atoms with E-state index in [1.165, 1.54) is 16.7 Å². The van der Waals surface area contributed by atoms with E-state index in [2.05, 4.69) is 13.0 Å². The van der Waals surface area contributed by atoms with Crippen molar-refractivity contribution in [3.8, 4) is 5.75 Å². The van der Waals surface area contributed by atoms with Crippen LogP contribution in [0.15, 0.2) is 41.9 Å². The number of methoxy groups -OCH3 is 1. The second kappa shape index (κ2) is 7.08. The van der Waals surface area contributed by atoms with Gasteiger partial charge in [0.1, 0.15) is 5.75 Å². The number of pyridine rings is 1. The number of carbonyl (C=O) groups is 1. The normalized spacial score (nSPS) is 17.5. The number of thiophene rings is 1. The molecule has 1 atom stereocenters. The van der Waals surface area contributed by atoms with Gasteiger partial charge < -0.3 is 9.64 Å². The predicted molar refractivity (Wildman–Crippen MR) is 105 cm³/mol. The van der Waals surface area contributed by atoms with Gasteiger partial charge in [0.25, 0.3) is 5.91 Å². The van der Waals surface area contributed by atoms with Gasteiger partial charge in [-0.25, -0.2) is 0 Å². The van der Waals surface area contributed by atoms with Crippen LogP contribution >= 0.6 is 11.3 Å². The van der Waals surface area contributed by atoms with Gasteiger partial charge in [0.2, 0.25) is 0 Å². The SMILES string of the molecule is COc1ccc2cnc([C@@H]3CCCN(C(=O)c4cccs4)C3)cc2c1C. The molecule has 0 aliphatic carbocycles. The average molecular weight is 366 g/mol. The molecule has 2 aromatic heterocycles. The van der Waals surface area contributed by atoms with Crippen LogP contribution in [0.2, 0.25) is 0 Å². The number of piperidine rings is 1. The van der Waals surface area contributed by atoms with Crippen LogP contribution in [0.4, 0.5) is 0 Å². The number of fused-ring (bicyclic) bond motifs is 1. The number of rotatable bonds is 3. The van der Waals surface area contributed by atoms with Crippen molar-refractivity contribution in [2.75, 3.05) is 20.2 Å². The minimum absolute atomic E-state index is 0.142. The van der Waals surface area contributed by atoms with Gasteiger partial charge in [0.05, 0.1) is 12.0 Å². The molecule has 1 fully saturated rings. The minimum atomic E-state index is 0.142. The van der Waals surface area contributed by atoms with E-state index in [1.54, 1.807) is 7.11 Å². The molecule has 0 radical (unpaired) electrons. The van der Waals surface area contributed by atoms with Gasteiger partial charge in [0.15, 0.2) is 0 Å². The van der Waals surface area contributed by atoms with Gasteiger partial charge >= 0.3 is 0 Å². The number of hydrogen-bond acceptors (Lipinski definition) is 4. The molecule has 3 heterocycles. The number of aromatic nitrogens is 1. The van der Waals surface area contributed by atoms with Crippen LogP contribution in [0.25, 0.3) is 10.8 Å².